The molecular formula is C30H32ClN3O4. The number of fused-ring (bicyclic) bond motifs is 1. The molecule has 0 bridgehead atoms. The SMILES string of the molecule is CC(C)[C@@H](C(=O)NC1N=C(c2ccccc2)c2cc(Cl)ccc2N(C)C1=O)[C@@H](O)COCc1ccccc1. The van der Waals surface area contributed by atoms with Gasteiger partial charge in [0.2, 0.25) is 12.1 Å². The number of nitrogens with zero attached hydrogens (tertiary/aromatic N) is 2. The number of rotatable bonds is 9. The summed E-state index contributed by atoms with van der Waals surface area (Å²) >= 11 is 6.31. The van der Waals surface area contributed by atoms with Crippen LogP contribution in [0.4, 0.5) is 5.69 Å². The third-order valence-corrected chi connectivity index (χ3v) is 6.79. The number of likely N-dealkylation sites (N-methyl/N-ethyl adjacent to an activating group) is 1. The fraction of sp³-hybridized carbons (Fsp3) is 0.300. The summed E-state index contributed by atoms with van der Waals surface area (Å²) in [4.78, 5) is 33.2. The first-order chi connectivity index (χ1) is 18.3. The summed E-state index contributed by atoms with van der Waals surface area (Å²) in [7, 11) is 1.64. The molecule has 0 radical (unpaired) electrons. The lowest BCUT2D eigenvalue weighted by Gasteiger charge is -2.27. The minimum atomic E-state index is -1.19. The maximum atomic E-state index is 13.5. The Morgan fingerprint density at radius 3 is 2.39 bits per heavy atom. The Hall–Kier alpha value is -3.52. The van der Waals surface area contributed by atoms with Gasteiger partial charge in [-0.2, -0.15) is 0 Å². The molecule has 2 N–H and O–H groups in total. The maximum Gasteiger partial charge on any atom is 0.272 e. The van der Waals surface area contributed by atoms with Crippen molar-refractivity contribution in [1.82, 2.24) is 5.32 Å². The normalized spacial score (nSPS) is 16.9. The number of carbonyl (C=O) groups is 2. The number of benzene rings is 3. The average Bonchev–Trinajstić information content (AvgIpc) is 3.00. The van der Waals surface area contributed by atoms with E-state index < -0.39 is 30.0 Å². The van der Waals surface area contributed by atoms with Crippen molar-refractivity contribution in [2.75, 3.05) is 18.6 Å². The number of amides is 2. The molecule has 38 heavy (non-hydrogen) atoms. The number of anilines is 1. The van der Waals surface area contributed by atoms with Crippen molar-refractivity contribution in [3.05, 3.63) is 101 Å². The molecule has 0 fully saturated rings. The number of hydrogen-bond acceptors (Lipinski definition) is 5. The van der Waals surface area contributed by atoms with Crippen molar-refractivity contribution in [2.24, 2.45) is 16.8 Å². The molecule has 1 heterocycles. The first-order valence-electron chi connectivity index (χ1n) is 12.6. The lowest BCUT2D eigenvalue weighted by Crippen LogP contribution is -2.51. The molecule has 0 saturated carbocycles. The zero-order chi connectivity index (χ0) is 27.2. The van der Waals surface area contributed by atoms with Crippen LogP contribution >= 0.6 is 11.6 Å². The smallest absolute Gasteiger partial charge is 0.272 e. The molecule has 3 aromatic rings. The lowest BCUT2D eigenvalue weighted by molar-refractivity contribution is -0.136. The second-order valence-corrected chi connectivity index (χ2v) is 10.1. The molecule has 1 unspecified atom stereocenters. The summed E-state index contributed by atoms with van der Waals surface area (Å²) in [5.74, 6) is -1.88. The van der Waals surface area contributed by atoms with Crippen molar-refractivity contribution >= 4 is 34.8 Å². The molecule has 1 aliphatic heterocycles. The van der Waals surface area contributed by atoms with Gasteiger partial charge in [-0.3, -0.25) is 9.59 Å². The number of benzodiazepines with no additional fused rings is 1. The standard InChI is InChI=1S/C30H32ClN3O4/c1-19(2)26(25(35)18-38-17-20-10-6-4-7-11-20)29(36)33-28-30(37)34(3)24-15-14-22(31)16-23(24)27(32-28)21-12-8-5-9-13-21/h4-16,19,25-26,28,35H,17-18H2,1-3H3,(H,33,36)/t25-,26+,28?/m0/s1. The molecule has 0 saturated heterocycles. The van der Waals surface area contributed by atoms with E-state index in [1.165, 1.54) is 4.90 Å². The number of aliphatic hydroxyl groups is 1. The van der Waals surface area contributed by atoms with E-state index in [-0.39, 0.29) is 12.5 Å². The minimum Gasteiger partial charge on any atom is -0.390 e. The quantitative estimate of drug-likeness (QED) is 0.425. The molecule has 3 aromatic carbocycles. The number of hydrogen-bond donors (Lipinski definition) is 2. The van der Waals surface area contributed by atoms with E-state index in [1.807, 2.05) is 74.5 Å². The lowest BCUT2D eigenvalue weighted by atomic mass is 9.89. The number of aliphatic hydroxyl groups excluding tert-OH is 1. The Kier molecular flexibility index (Phi) is 8.94. The number of ether oxygens (including phenoxy) is 1. The highest BCUT2D eigenvalue weighted by molar-refractivity contribution is 6.32. The molecule has 3 atom stereocenters. The Bertz CT molecular complexity index is 1300. The molecule has 0 aromatic heterocycles. The van der Waals surface area contributed by atoms with E-state index in [0.29, 0.717) is 28.6 Å². The largest absolute Gasteiger partial charge is 0.390 e. The van der Waals surface area contributed by atoms with Gasteiger partial charge in [-0.1, -0.05) is 86.1 Å². The van der Waals surface area contributed by atoms with Crippen LogP contribution in [0.3, 0.4) is 0 Å². The molecule has 198 valence electrons. The minimum absolute atomic E-state index is 0.0217. The van der Waals surface area contributed by atoms with Crippen molar-refractivity contribution in [1.29, 1.82) is 0 Å². The molecule has 7 nitrogen and oxygen atoms in total. The highest BCUT2D eigenvalue weighted by Crippen LogP contribution is 2.30. The highest BCUT2D eigenvalue weighted by atomic mass is 35.5. The Morgan fingerprint density at radius 2 is 1.74 bits per heavy atom. The second-order valence-electron chi connectivity index (χ2n) is 9.65. The summed E-state index contributed by atoms with van der Waals surface area (Å²) in [6, 6.07) is 24.3. The molecule has 8 heteroatoms. The topological polar surface area (TPSA) is 91.2 Å². The van der Waals surface area contributed by atoms with Gasteiger partial charge in [-0.15, -0.1) is 0 Å². The van der Waals surface area contributed by atoms with Gasteiger partial charge in [-0.25, -0.2) is 4.99 Å². The van der Waals surface area contributed by atoms with Crippen LogP contribution in [0.15, 0.2) is 83.9 Å². The van der Waals surface area contributed by atoms with Crippen molar-refractivity contribution in [3.8, 4) is 0 Å². The van der Waals surface area contributed by atoms with E-state index in [4.69, 9.17) is 21.3 Å². The third kappa shape index (κ3) is 6.30. The molecule has 2 amide bonds. The summed E-state index contributed by atoms with van der Waals surface area (Å²) in [6.07, 6.45) is -2.25. The van der Waals surface area contributed by atoms with Crippen LogP contribution in [-0.4, -0.2) is 48.6 Å². The zero-order valence-corrected chi connectivity index (χ0v) is 22.4. The number of aliphatic imine (C=N–C) groups is 1. The monoisotopic (exact) mass is 533 g/mol. The number of nitrogens with one attached hydrogen (secondary N) is 1. The molecule has 0 spiro atoms. The Morgan fingerprint density at radius 1 is 1.08 bits per heavy atom. The van der Waals surface area contributed by atoms with Gasteiger partial charge in [0.05, 0.1) is 36.6 Å². The van der Waals surface area contributed by atoms with E-state index in [9.17, 15) is 14.7 Å². The van der Waals surface area contributed by atoms with Crippen LogP contribution in [0.2, 0.25) is 5.02 Å². The van der Waals surface area contributed by atoms with Crippen LogP contribution in [0.5, 0.6) is 0 Å². The van der Waals surface area contributed by atoms with Crippen LogP contribution in [0, 0.1) is 11.8 Å². The maximum absolute atomic E-state index is 13.5. The number of halogens is 1. The molecular weight excluding hydrogens is 502 g/mol. The first kappa shape index (κ1) is 27.5. The van der Waals surface area contributed by atoms with E-state index in [0.717, 1.165) is 11.1 Å². The van der Waals surface area contributed by atoms with Gasteiger partial charge in [0.1, 0.15) is 0 Å². The fourth-order valence-corrected chi connectivity index (χ4v) is 4.77. The van der Waals surface area contributed by atoms with Crippen LogP contribution in [0.1, 0.15) is 30.5 Å². The van der Waals surface area contributed by atoms with Crippen LogP contribution < -0.4 is 10.2 Å². The van der Waals surface area contributed by atoms with Gasteiger partial charge in [0, 0.05) is 23.2 Å². The predicted molar refractivity (Wildman–Crippen MR) is 149 cm³/mol. The Labute approximate surface area is 228 Å². The average molecular weight is 534 g/mol. The fourth-order valence-electron chi connectivity index (χ4n) is 4.59. The molecule has 4 rings (SSSR count). The van der Waals surface area contributed by atoms with Gasteiger partial charge in [0.25, 0.3) is 5.91 Å². The first-order valence-corrected chi connectivity index (χ1v) is 12.9. The van der Waals surface area contributed by atoms with Gasteiger partial charge in [-0.05, 0) is 29.7 Å². The third-order valence-electron chi connectivity index (χ3n) is 6.56. The van der Waals surface area contributed by atoms with Crippen LogP contribution in [0.25, 0.3) is 0 Å². The van der Waals surface area contributed by atoms with E-state index in [1.54, 1.807) is 25.2 Å². The van der Waals surface area contributed by atoms with Crippen molar-refractivity contribution in [3.63, 3.8) is 0 Å². The summed E-state index contributed by atoms with van der Waals surface area (Å²) in [5.41, 5.74) is 3.62. The molecule has 0 aliphatic carbocycles. The van der Waals surface area contributed by atoms with Gasteiger partial charge >= 0.3 is 0 Å². The van der Waals surface area contributed by atoms with E-state index in [2.05, 4.69) is 5.32 Å². The van der Waals surface area contributed by atoms with Crippen molar-refractivity contribution < 1.29 is 19.4 Å². The summed E-state index contributed by atoms with van der Waals surface area (Å²) in [6.45, 7) is 4.00. The predicted octanol–water partition coefficient (Wildman–Crippen LogP) is 4.45. The van der Waals surface area contributed by atoms with Gasteiger partial charge < -0.3 is 20.1 Å². The summed E-state index contributed by atoms with van der Waals surface area (Å²) < 4.78 is 5.69. The van der Waals surface area contributed by atoms with E-state index >= 15 is 0 Å². The molecule has 1 aliphatic rings. The second kappa shape index (κ2) is 12.3. The number of carbonyl (C=O) groups excluding carboxylic acids is 2. The Balaban J connectivity index is 1.58. The zero-order valence-electron chi connectivity index (χ0n) is 21.7. The van der Waals surface area contributed by atoms with Gasteiger partial charge in [0.15, 0.2) is 0 Å². The highest BCUT2D eigenvalue weighted by Gasteiger charge is 2.36. The van der Waals surface area contributed by atoms with Crippen molar-refractivity contribution in [2.45, 2.75) is 32.7 Å². The van der Waals surface area contributed by atoms with Crippen LogP contribution in [-0.2, 0) is 20.9 Å². The summed E-state index contributed by atoms with van der Waals surface area (Å²) in [5, 5.41) is 14.2.